The summed E-state index contributed by atoms with van der Waals surface area (Å²) in [4.78, 5) is 15.1. The van der Waals surface area contributed by atoms with Gasteiger partial charge in [0.2, 0.25) is 0 Å². The molecule has 0 bridgehead atoms. The van der Waals surface area contributed by atoms with Crippen molar-refractivity contribution in [2.24, 2.45) is 5.92 Å². The number of pyridine rings is 1. The molecule has 3 aromatic rings. The number of nitrogens with one attached hydrogen (secondary N) is 2. The minimum atomic E-state index is -0.346. The summed E-state index contributed by atoms with van der Waals surface area (Å²) in [6, 6.07) is 10.3. The van der Waals surface area contributed by atoms with Gasteiger partial charge < -0.3 is 10.4 Å². The molecule has 2 aromatic heterocycles. The summed E-state index contributed by atoms with van der Waals surface area (Å²) >= 11 is 5.91. The van der Waals surface area contributed by atoms with E-state index in [1.165, 1.54) is 6.07 Å². The van der Waals surface area contributed by atoms with Crippen LogP contribution < -0.4 is 5.32 Å². The third-order valence-corrected chi connectivity index (χ3v) is 6.18. The maximum absolute atomic E-state index is 14.4. The zero-order valence-electron chi connectivity index (χ0n) is 19.1. The van der Waals surface area contributed by atoms with Crippen LogP contribution in [0.1, 0.15) is 36.7 Å². The minimum Gasteiger partial charge on any atom is -0.483 e. The second-order valence-electron chi connectivity index (χ2n) is 8.42. The number of piperidine rings is 1. The van der Waals surface area contributed by atoms with E-state index in [0.717, 1.165) is 25.1 Å². The van der Waals surface area contributed by atoms with Gasteiger partial charge in [-0.3, -0.25) is 14.8 Å². The highest BCUT2D eigenvalue weighted by Crippen LogP contribution is 2.29. The van der Waals surface area contributed by atoms with Gasteiger partial charge >= 0.3 is 0 Å². The van der Waals surface area contributed by atoms with E-state index in [9.17, 15) is 8.78 Å². The molecule has 182 valence electrons. The lowest BCUT2D eigenvalue weighted by molar-refractivity contribution is -0.122. The summed E-state index contributed by atoms with van der Waals surface area (Å²) in [6.07, 6.45) is 2.38. The van der Waals surface area contributed by atoms with E-state index in [0.29, 0.717) is 41.8 Å². The number of nitrogens with zero attached hydrogens (tertiary/aromatic N) is 3. The van der Waals surface area contributed by atoms with E-state index in [-0.39, 0.29) is 29.2 Å². The van der Waals surface area contributed by atoms with Gasteiger partial charge in [0.25, 0.3) is 6.47 Å². The molecule has 1 fully saturated rings. The summed E-state index contributed by atoms with van der Waals surface area (Å²) in [5.74, 6) is 0.906. The average Bonchev–Trinajstić information content (AvgIpc) is 3.20. The lowest BCUT2D eigenvalue weighted by Crippen LogP contribution is -2.41. The van der Waals surface area contributed by atoms with Crippen molar-refractivity contribution in [3.05, 3.63) is 70.0 Å². The maximum Gasteiger partial charge on any atom is 0.290 e. The molecule has 0 aliphatic carbocycles. The highest BCUT2D eigenvalue weighted by Gasteiger charge is 2.27. The lowest BCUT2D eigenvalue weighted by Gasteiger charge is -2.37. The number of hydrogen-bond donors (Lipinski definition) is 3. The van der Waals surface area contributed by atoms with Gasteiger partial charge in [0.05, 0.1) is 10.7 Å². The number of anilines is 2. The summed E-state index contributed by atoms with van der Waals surface area (Å²) in [5, 5.41) is 17.1. The molecule has 4 rings (SSSR count). The molecule has 1 unspecified atom stereocenters. The fourth-order valence-electron chi connectivity index (χ4n) is 4.21. The molecule has 34 heavy (non-hydrogen) atoms. The molecule has 2 atom stereocenters. The SMILES string of the molecule is Cc1cc(Nc2ccc(F)c(CC3CCN(Cc4cccc(Cl)c4F)[C@H](C)C3)n2)n[nH]1.O=CO. The summed E-state index contributed by atoms with van der Waals surface area (Å²) in [7, 11) is 0. The van der Waals surface area contributed by atoms with Gasteiger partial charge in [-0.15, -0.1) is 0 Å². The standard InChI is InChI=1S/C23H26ClF2N5.CH2O2/c1-14-10-22(30-29-14)28-21-7-6-19(25)20(27-21)12-16-8-9-31(15(2)11-16)13-17-4-3-5-18(24)23(17)26;2-1-3/h3-7,10,15-16H,8-9,11-13H2,1-2H3,(H2,27,28,29,30);1H,(H,2,3)/t15-,16?;/m1./s1. The monoisotopic (exact) mass is 491 g/mol. The number of halogens is 3. The van der Waals surface area contributed by atoms with Crippen molar-refractivity contribution in [2.45, 2.75) is 45.7 Å². The number of H-pyrrole nitrogens is 1. The molecule has 1 aliphatic heterocycles. The van der Waals surface area contributed by atoms with Crippen molar-refractivity contribution < 1.29 is 18.7 Å². The van der Waals surface area contributed by atoms with E-state index < -0.39 is 0 Å². The van der Waals surface area contributed by atoms with Gasteiger partial charge in [0, 0.05) is 29.9 Å². The Hall–Kier alpha value is -3.04. The van der Waals surface area contributed by atoms with Crippen molar-refractivity contribution in [1.82, 2.24) is 20.1 Å². The third kappa shape index (κ3) is 6.74. The second-order valence-corrected chi connectivity index (χ2v) is 8.83. The average molecular weight is 492 g/mol. The summed E-state index contributed by atoms with van der Waals surface area (Å²) in [6.45, 7) is 5.14. The molecular formula is C24H28ClF2N5O2. The van der Waals surface area contributed by atoms with E-state index in [2.05, 4.69) is 32.3 Å². The molecule has 1 aromatic carbocycles. The normalized spacial score (nSPS) is 18.1. The van der Waals surface area contributed by atoms with Gasteiger partial charge in [-0.05, 0) is 63.8 Å². The fraction of sp³-hybridized carbons (Fsp3) is 0.375. The van der Waals surface area contributed by atoms with Gasteiger partial charge in [-0.1, -0.05) is 23.7 Å². The Balaban J connectivity index is 0.00000103. The zero-order valence-corrected chi connectivity index (χ0v) is 19.8. The molecule has 1 aliphatic rings. The van der Waals surface area contributed by atoms with Crippen LogP contribution in [0.15, 0.2) is 36.4 Å². The maximum atomic E-state index is 14.4. The third-order valence-electron chi connectivity index (χ3n) is 5.89. The second kappa shape index (κ2) is 11.9. The molecule has 3 N–H and O–H groups in total. The first kappa shape index (κ1) is 25.6. The van der Waals surface area contributed by atoms with Crippen LogP contribution in [-0.2, 0) is 17.8 Å². The number of aryl methyl sites for hydroxylation is 1. The van der Waals surface area contributed by atoms with Crippen LogP contribution in [0.5, 0.6) is 0 Å². The number of carboxylic acid groups (broad SMARTS) is 1. The largest absolute Gasteiger partial charge is 0.483 e. The number of hydrogen-bond acceptors (Lipinski definition) is 5. The van der Waals surface area contributed by atoms with Crippen LogP contribution in [-0.4, -0.2) is 44.2 Å². The van der Waals surface area contributed by atoms with E-state index in [1.54, 1.807) is 24.3 Å². The molecule has 0 spiro atoms. The van der Waals surface area contributed by atoms with Gasteiger partial charge in [0.1, 0.15) is 17.5 Å². The first-order chi connectivity index (χ1) is 16.3. The van der Waals surface area contributed by atoms with Crippen LogP contribution in [0.4, 0.5) is 20.4 Å². The summed E-state index contributed by atoms with van der Waals surface area (Å²) < 4.78 is 28.7. The smallest absolute Gasteiger partial charge is 0.290 e. The van der Waals surface area contributed by atoms with Crippen LogP contribution in [0.25, 0.3) is 0 Å². The topological polar surface area (TPSA) is 94.1 Å². The first-order valence-electron chi connectivity index (χ1n) is 11.0. The lowest BCUT2D eigenvalue weighted by atomic mass is 9.87. The number of aromatic amines is 1. The van der Waals surface area contributed by atoms with Crippen molar-refractivity contribution in [2.75, 3.05) is 11.9 Å². The first-order valence-corrected chi connectivity index (χ1v) is 11.4. The molecular weight excluding hydrogens is 464 g/mol. The van der Waals surface area contributed by atoms with Gasteiger partial charge in [-0.25, -0.2) is 13.8 Å². The molecule has 0 radical (unpaired) electrons. The van der Waals surface area contributed by atoms with Gasteiger partial charge in [-0.2, -0.15) is 5.10 Å². The molecule has 10 heteroatoms. The Kier molecular flexibility index (Phi) is 8.95. The van der Waals surface area contributed by atoms with Crippen LogP contribution in [0.3, 0.4) is 0 Å². The Morgan fingerprint density at radius 2 is 2.06 bits per heavy atom. The van der Waals surface area contributed by atoms with Gasteiger partial charge in [0.15, 0.2) is 5.82 Å². The number of rotatable bonds is 6. The minimum absolute atomic E-state index is 0.153. The summed E-state index contributed by atoms with van der Waals surface area (Å²) in [5.41, 5.74) is 2.00. The van der Waals surface area contributed by atoms with Crippen LogP contribution in [0, 0.1) is 24.5 Å². The van der Waals surface area contributed by atoms with E-state index in [4.69, 9.17) is 21.5 Å². The number of benzene rings is 1. The number of carbonyl (C=O) groups is 1. The predicted molar refractivity (Wildman–Crippen MR) is 127 cm³/mol. The predicted octanol–water partition coefficient (Wildman–Crippen LogP) is 5.33. The van der Waals surface area contributed by atoms with Crippen LogP contribution in [0.2, 0.25) is 5.02 Å². The number of likely N-dealkylation sites (tertiary alicyclic amines) is 1. The highest BCUT2D eigenvalue weighted by atomic mass is 35.5. The number of aromatic nitrogens is 3. The molecule has 0 amide bonds. The fourth-order valence-corrected chi connectivity index (χ4v) is 4.41. The quantitative estimate of drug-likeness (QED) is 0.403. The van der Waals surface area contributed by atoms with E-state index in [1.807, 2.05) is 13.0 Å². The van der Waals surface area contributed by atoms with Crippen molar-refractivity contribution in [3.63, 3.8) is 0 Å². The van der Waals surface area contributed by atoms with Crippen molar-refractivity contribution in [3.8, 4) is 0 Å². The Morgan fingerprint density at radius 1 is 1.29 bits per heavy atom. The Labute approximate surface area is 202 Å². The van der Waals surface area contributed by atoms with Crippen molar-refractivity contribution >= 4 is 29.7 Å². The Bertz CT molecular complexity index is 1110. The van der Waals surface area contributed by atoms with E-state index >= 15 is 0 Å². The Morgan fingerprint density at radius 3 is 2.74 bits per heavy atom. The highest BCUT2D eigenvalue weighted by molar-refractivity contribution is 6.30. The molecule has 0 saturated carbocycles. The van der Waals surface area contributed by atoms with Crippen LogP contribution >= 0.6 is 11.6 Å². The molecule has 3 heterocycles. The molecule has 1 saturated heterocycles. The van der Waals surface area contributed by atoms with Crippen molar-refractivity contribution in [1.29, 1.82) is 0 Å². The molecule has 7 nitrogen and oxygen atoms in total. The zero-order chi connectivity index (χ0) is 24.7.